The van der Waals surface area contributed by atoms with E-state index in [2.05, 4.69) is 0 Å². The fourth-order valence-corrected chi connectivity index (χ4v) is 3.09. The molecule has 0 aliphatic rings. The first-order valence-electron chi connectivity index (χ1n) is 8.72. The van der Waals surface area contributed by atoms with E-state index in [0.717, 1.165) is 12.1 Å². The third kappa shape index (κ3) is 5.73. The summed E-state index contributed by atoms with van der Waals surface area (Å²) < 4.78 is 84.4. The highest BCUT2D eigenvalue weighted by Gasteiger charge is 2.36. The summed E-state index contributed by atoms with van der Waals surface area (Å²) in [5, 5.41) is 9.40. The van der Waals surface area contributed by atoms with Crippen LogP contribution in [0.15, 0.2) is 59.2 Å². The molecule has 0 atom stereocenters. The van der Waals surface area contributed by atoms with Gasteiger partial charge in [0.05, 0.1) is 30.0 Å². The second kappa shape index (κ2) is 8.55. The van der Waals surface area contributed by atoms with Crippen LogP contribution >= 0.6 is 11.6 Å². The Morgan fingerprint density at radius 2 is 1.61 bits per heavy atom. The molecule has 0 unspecified atom stereocenters. The predicted molar refractivity (Wildman–Crippen MR) is 102 cm³/mol. The molecule has 1 heterocycles. The minimum Gasteiger partial charge on any atom is -0.467 e. The molecule has 0 saturated heterocycles. The van der Waals surface area contributed by atoms with Gasteiger partial charge in [0.25, 0.3) is 0 Å². The maximum atomic E-state index is 13.2. The quantitative estimate of drug-likeness (QED) is 0.384. The van der Waals surface area contributed by atoms with E-state index < -0.39 is 36.6 Å². The maximum Gasteiger partial charge on any atom is 0.417 e. The van der Waals surface area contributed by atoms with E-state index in [1.165, 1.54) is 18.4 Å². The Labute approximate surface area is 178 Å². The molecule has 3 aromatic rings. The number of benzene rings is 2. The minimum atomic E-state index is -4.89. The van der Waals surface area contributed by atoms with Gasteiger partial charge in [-0.3, -0.25) is 0 Å². The molecule has 3 rings (SSSR count). The molecule has 0 saturated carbocycles. The molecule has 0 amide bonds. The molecule has 0 spiro atoms. The molecule has 0 aliphatic heterocycles. The van der Waals surface area contributed by atoms with Crippen LogP contribution in [0.3, 0.4) is 0 Å². The fraction of sp³-hybridized carbons (Fsp3) is 0.190. The standard InChI is InChI=1S/C21H13ClF6N2O/c22-16-4-1-13(2-5-16)15-7-18(31-11-15)10-30(12-20(23,24)25)17-6-3-14(9-29)19(8-17)21(26,27)28/h1-8,11H,10,12H2. The molecule has 0 aliphatic carbocycles. The van der Waals surface area contributed by atoms with Crippen molar-refractivity contribution in [2.24, 2.45) is 0 Å². The van der Waals surface area contributed by atoms with Crippen molar-refractivity contribution in [3.8, 4) is 17.2 Å². The summed E-state index contributed by atoms with van der Waals surface area (Å²) in [6, 6.07) is 12.0. The number of nitrogens with zero attached hydrogens (tertiary/aromatic N) is 2. The average Bonchev–Trinajstić information content (AvgIpc) is 3.14. The van der Waals surface area contributed by atoms with Crippen LogP contribution in [-0.4, -0.2) is 12.7 Å². The van der Waals surface area contributed by atoms with Gasteiger partial charge in [0.1, 0.15) is 12.3 Å². The summed E-state index contributed by atoms with van der Waals surface area (Å²) >= 11 is 5.83. The van der Waals surface area contributed by atoms with Crippen LogP contribution < -0.4 is 4.90 Å². The Bertz CT molecular complexity index is 1100. The number of hydrogen-bond acceptors (Lipinski definition) is 3. The van der Waals surface area contributed by atoms with Crippen molar-refractivity contribution in [2.45, 2.75) is 18.9 Å². The van der Waals surface area contributed by atoms with Crippen LogP contribution in [0.2, 0.25) is 5.02 Å². The van der Waals surface area contributed by atoms with Crippen LogP contribution in [-0.2, 0) is 12.7 Å². The lowest BCUT2D eigenvalue weighted by Crippen LogP contribution is -2.34. The summed E-state index contributed by atoms with van der Waals surface area (Å²) in [4.78, 5) is 0.709. The van der Waals surface area contributed by atoms with E-state index in [9.17, 15) is 26.3 Å². The molecule has 162 valence electrons. The highest BCUT2D eigenvalue weighted by atomic mass is 35.5. The molecule has 31 heavy (non-hydrogen) atoms. The Morgan fingerprint density at radius 1 is 0.935 bits per heavy atom. The van der Waals surface area contributed by atoms with Crippen molar-refractivity contribution in [2.75, 3.05) is 11.4 Å². The highest BCUT2D eigenvalue weighted by Crippen LogP contribution is 2.36. The molecular weight excluding hydrogens is 446 g/mol. The lowest BCUT2D eigenvalue weighted by Gasteiger charge is -2.26. The van der Waals surface area contributed by atoms with Crippen molar-refractivity contribution in [1.82, 2.24) is 0 Å². The lowest BCUT2D eigenvalue weighted by molar-refractivity contribution is -0.137. The molecule has 0 fully saturated rings. The van der Waals surface area contributed by atoms with Crippen LogP contribution in [0.1, 0.15) is 16.9 Å². The number of rotatable bonds is 5. The Balaban J connectivity index is 1.94. The molecule has 3 nitrogen and oxygen atoms in total. The molecule has 10 heteroatoms. The fourth-order valence-electron chi connectivity index (χ4n) is 2.96. The van der Waals surface area contributed by atoms with Crippen LogP contribution in [0.5, 0.6) is 0 Å². The number of furan rings is 1. The first-order valence-corrected chi connectivity index (χ1v) is 9.10. The number of halogens is 7. The summed E-state index contributed by atoms with van der Waals surface area (Å²) in [6.45, 7) is -1.94. The first kappa shape index (κ1) is 22.6. The van der Waals surface area contributed by atoms with Gasteiger partial charge in [-0.05, 0) is 42.0 Å². The number of hydrogen-bond donors (Lipinski definition) is 0. The van der Waals surface area contributed by atoms with Crippen molar-refractivity contribution in [3.63, 3.8) is 0 Å². The SMILES string of the molecule is N#Cc1ccc(N(Cc2cc(-c3ccc(Cl)cc3)co2)CC(F)(F)F)cc1C(F)(F)F. The summed E-state index contributed by atoms with van der Waals surface area (Å²) in [5.41, 5.74) is -1.03. The molecule has 0 N–H and O–H groups in total. The lowest BCUT2D eigenvalue weighted by atomic mass is 10.1. The van der Waals surface area contributed by atoms with E-state index in [4.69, 9.17) is 21.3 Å². The smallest absolute Gasteiger partial charge is 0.417 e. The van der Waals surface area contributed by atoms with E-state index in [0.29, 0.717) is 27.1 Å². The van der Waals surface area contributed by atoms with Crippen molar-refractivity contribution < 1.29 is 30.8 Å². The van der Waals surface area contributed by atoms with Gasteiger partial charge in [-0.2, -0.15) is 31.6 Å². The van der Waals surface area contributed by atoms with Crippen molar-refractivity contribution >= 4 is 17.3 Å². The van der Waals surface area contributed by atoms with Crippen molar-refractivity contribution in [1.29, 1.82) is 5.26 Å². The van der Waals surface area contributed by atoms with Gasteiger partial charge < -0.3 is 9.32 Å². The second-order valence-electron chi connectivity index (χ2n) is 6.62. The van der Waals surface area contributed by atoms with Gasteiger partial charge in [-0.1, -0.05) is 23.7 Å². The van der Waals surface area contributed by atoms with E-state index in [-0.39, 0.29) is 11.4 Å². The zero-order valence-corrected chi connectivity index (χ0v) is 16.3. The van der Waals surface area contributed by atoms with Gasteiger partial charge >= 0.3 is 12.4 Å². The van der Waals surface area contributed by atoms with Gasteiger partial charge in [-0.15, -0.1) is 0 Å². The zero-order chi connectivity index (χ0) is 22.8. The number of nitriles is 1. The van der Waals surface area contributed by atoms with Gasteiger partial charge in [0.2, 0.25) is 0 Å². The van der Waals surface area contributed by atoms with Gasteiger partial charge in [-0.25, -0.2) is 0 Å². The van der Waals surface area contributed by atoms with Crippen LogP contribution in [0, 0.1) is 11.3 Å². The highest BCUT2D eigenvalue weighted by molar-refractivity contribution is 6.30. The Kier molecular flexibility index (Phi) is 6.23. The predicted octanol–water partition coefficient (Wildman–Crippen LogP) is 7.06. The number of anilines is 1. The first-order chi connectivity index (χ1) is 14.5. The monoisotopic (exact) mass is 458 g/mol. The zero-order valence-electron chi connectivity index (χ0n) is 15.6. The maximum absolute atomic E-state index is 13.2. The molecule has 0 radical (unpaired) electrons. The van der Waals surface area contributed by atoms with Crippen LogP contribution in [0.25, 0.3) is 11.1 Å². The molecular formula is C21H13ClF6N2O. The molecule has 0 bridgehead atoms. The molecule has 2 aromatic carbocycles. The second-order valence-corrected chi connectivity index (χ2v) is 7.06. The summed E-state index contributed by atoms with van der Waals surface area (Å²) in [5.74, 6) is 0.118. The largest absolute Gasteiger partial charge is 0.467 e. The Morgan fingerprint density at radius 3 is 2.19 bits per heavy atom. The van der Waals surface area contributed by atoms with Gasteiger partial charge in [0.15, 0.2) is 0 Å². The van der Waals surface area contributed by atoms with Gasteiger partial charge in [0, 0.05) is 16.3 Å². The topological polar surface area (TPSA) is 40.2 Å². The molecule has 1 aromatic heterocycles. The summed E-state index contributed by atoms with van der Waals surface area (Å²) in [6.07, 6.45) is -8.24. The minimum absolute atomic E-state index is 0.118. The third-order valence-corrected chi connectivity index (χ3v) is 4.59. The van der Waals surface area contributed by atoms with Crippen LogP contribution in [0.4, 0.5) is 32.0 Å². The average molecular weight is 459 g/mol. The summed E-state index contributed by atoms with van der Waals surface area (Å²) in [7, 11) is 0. The number of alkyl halides is 6. The Hall–Kier alpha value is -3.12. The van der Waals surface area contributed by atoms with Crippen molar-refractivity contribution in [3.05, 3.63) is 76.7 Å². The third-order valence-electron chi connectivity index (χ3n) is 4.34. The van der Waals surface area contributed by atoms with E-state index >= 15 is 0 Å². The van der Waals surface area contributed by atoms with E-state index in [1.807, 2.05) is 0 Å². The normalized spacial score (nSPS) is 11.9. The van der Waals surface area contributed by atoms with E-state index in [1.54, 1.807) is 24.3 Å².